The third-order valence-electron chi connectivity index (χ3n) is 2.45. The second-order valence-corrected chi connectivity index (χ2v) is 3.81. The van der Waals surface area contributed by atoms with Gasteiger partial charge in [0.25, 0.3) is 0 Å². The Balaban J connectivity index is 2.17. The van der Waals surface area contributed by atoms with Gasteiger partial charge in [0, 0.05) is 20.0 Å². The molecular weight excluding hydrogens is 248 g/mol. The number of benzene rings is 1. The Morgan fingerprint density at radius 1 is 1.26 bits per heavy atom. The highest BCUT2D eigenvalue weighted by molar-refractivity contribution is 5.75. The van der Waals surface area contributed by atoms with Crippen LogP contribution in [0.25, 0.3) is 0 Å². The van der Waals surface area contributed by atoms with Crippen LogP contribution in [0.5, 0.6) is 0 Å². The van der Waals surface area contributed by atoms with E-state index >= 15 is 0 Å². The number of nitrogens with one attached hydrogen (secondary N) is 1. The van der Waals surface area contributed by atoms with Gasteiger partial charge in [-0.15, -0.1) is 0 Å². The van der Waals surface area contributed by atoms with E-state index in [1.54, 1.807) is 0 Å². The summed E-state index contributed by atoms with van der Waals surface area (Å²) >= 11 is 0. The van der Waals surface area contributed by atoms with Crippen LogP contribution in [0.3, 0.4) is 0 Å². The number of amides is 2. The molecule has 0 radical (unpaired) electrons. The van der Waals surface area contributed by atoms with E-state index in [1.165, 1.54) is 14.2 Å². The minimum Gasteiger partial charge on any atom is -0.445 e. The Hall–Kier alpha value is -2.08. The quantitative estimate of drug-likeness (QED) is 0.789. The van der Waals surface area contributed by atoms with Gasteiger partial charge in [-0.2, -0.15) is 0 Å². The number of hydroxylamine groups is 2. The molecule has 104 valence electrons. The van der Waals surface area contributed by atoms with Gasteiger partial charge >= 0.3 is 6.09 Å². The van der Waals surface area contributed by atoms with E-state index in [0.29, 0.717) is 0 Å². The zero-order chi connectivity index (χ0) is 14.1. The first-order valence-corrected chi connectivity index (χ1v) is 5.88. The monoisotopic (exact) mass is 266 g/mol. The highest BCUT2D eigenvalue weighted by atomic mass is 16.7. The fourth-order valence-corrected chi connectivity index (χ4v) is 1.30. The number of ether oxygens (including phenoxy) is 1. The van der Waals surface area contributed by atoms with Crippen molar-refractivity contribution in [3.8, 4) is 0 Å². The predicted octanol–water partition coefficient (Wildman–Crippen LogP) is 1.32. The third kappa shape index (κ3) is 5.87. The Kier molecular flexibility index (Phi) is 6.38. The summed E-state index contributed by atoms with van der Waals surface area (Å²) in [6, 6.07) is 9.36. The van der Waals surface area contributed by atoms with Crippen molar-refractivity contribution >= 4 is 12.0 Å². The van der Waals surface area contributed by atoms with Gasteiger partial charge in [0.1, 0.15) is 6.61 Å². The molecule has 0 aliphatic carbocycles. The lowest BCUT2D eigenvalue weighted by molar-refractivity contribution is -0.168. The zero-order valence-electron chi connectivity index (χ0n) is 11.1. The molecular formula is C13H18N2O4. The minimum atomic E-state index is -0.545. The molecule has 0 spiro atoms. The summed E-state index contributed by atoms with van der Waals surface area (Å²) in [7, 11) is 2.91. The zero-order valence-corrected chi connectivity index (χ0v) is 11.1. The molecule has 6 nitrogen and oxygen atoms in total. The van der Waals surface area contributed by atoms with Crippen LogP contribution in [0.4, 0.5) is 4.79 Å². The van der Waals surface area contributed by atoms with Gasteiger partial charge in [0.2, 0.25) is 5.91 Å². The Morgan fingerprint density at radius 3 is 2.58 bits per heavy atom. The van der Waals surface area contributed by atoms with Gasteiger partial charge in [-0.25, -0.2) is 9.86 Å². The minimum absolute atomic E-state index is 0.158. The maximum atomic E-state index is 11.3. The molecule has 0 aromatic heterocycles. The van der Waals surface area contributed by atoms with E-state index in [2.05, 4.69) is 5.32 Å². The molecule has 0 aliphatic rings. The fourth-order valence-electron chi connectivity index (χ4n) is 1.30. The molecule has 1 aromatic rings. The summed E-state index contributed by atoms with van der Waals surface area (Å²) in [6.07, 6.45) is -0.387. The largest absolute Gasteiger partial charge is 0.445 e. The lowest BCUT2D eigenvalue weighted by Crippen LogP contribution is -2.31. The summed E-state index contributed by atoms with van der Waals surface area (Å²) in [5, 5.41) is 3.61. The van der Waals surface area contributed by atoms with Crippen LogP contribution in [-0.4, -0.2) is 37.8 Å². The Morgan fingerprint density at radius 2 is 1.95 bits per heavy atom. The van der Waals surface area contributed by atoms with Crippen molar-refractivity contribution in [3.05, 3.63) is 35.9 Å². The standard InChI is InChI=1S/C13H18N2O4/c1-15(18-2)12(16)8-9-14-13(17)19-10-11-6-4-3-5-7-11/h3-7H,8-10H2,1-2H3,(H,14,17). The second-order valence-electron chi connectivity index (χ2n) is 3.81. The topological polar surface area (TPSA) is 67.9 Å². The fraction of sp³-hybridized carbons (Fsp3) is 0.385. The average molecular weight is 266 g/mol. The molecule has 1 N–H and O–H groups in total. The molecule has 1 rings (SSSR count). The predicted molar refractivity (Wildman–Crippen MR) is 69.0 cm³/mol. The first-order valence-electron chi connectivity index (χ1n) is 5.88. The average Bonchev–Trinajstić information content (AvgIpc) is 2.45. The molecule has 0 atom stereocenters. The molecule has 0 bridgehead atoms. The van der Waals surface area contributed by atoms with Gasteiger partial charge < -0.3 is 10.1 Å². The third-order valence-corrected chi connectivity index (χ3v) is 2.45. The Bertz CT molecular complexity index is 408. The maximum Gasteiger partial charge on any atom is 0.407 e. The van der Waals surface area contributed by atoms with Gasteiger partial charge in [-0.3, -0.25) is 9.63 Å². The molecule has 0 fully saturated rings. The summed E-state index contributed by atoms with van der Waals surface area (Å²) in [5.41, 5.74) is 0.910. The molecule has 0 saturated carbocycles. The Labute approximate surface area is 112 Å². The van der Waals surface area contributed by atoms with Crippen LogP contribution in [0.15, 0.2) is 30.3 Å². The smallest absolute Gasteiger partial charge is 0.407 e. The molecule has 0 heterocycles. The van der Waals surface area contributed by atoms with Crippen LogP contribution < -0.4 is 5.32 Å². The highest BCUT2D eigenvalue weighted by Crippen LogP contribution is 2.00. The van der Waals surface area contributed by atoms with Crippen molar-refractivity contribution in [1.29, 1.82) is 0 Å². The molecule has 19 heavy (non-hydrogen) atoms. The summed E-state index contributed by atoms with van der Waals surface area (Å²) < 4.78 is 4.99. The normalized spacial score (nSPS) is 9.79. The molecule has 6 heteroatoms. The highest BCUT2D eigenvalue weighted by Gasteiger charge is 2.08. The number of hydrogen-bond acceptors (Lipinski definition) is 4. The van der Waals surface area contributed by atoms with Gasteiger partial charge in [-0.1, -0.05) is 30.3 Å². The van der Waals surface area contributed by atoms with E-state index in [9.17, 15) is 9.59 Å². The van der Waals surface area contributed by atoms with E-state index in [4.69, 9.17) is 9.57 Å². The van der Waals surface area contributed by atoms with E-state index in [0.717, 1.165) is 10.6 Å². The number of nitrogens with zero attached hydrogens (tertiary/aromatic N) is 1. The van der Waals surface area contributed by atoms with Crippen molar-refractivity contribution < 1.29 is 19.2 Å². The number of alkyl carbamates (subject to hydrolysis) is 1. The molecule has 0 unspecified atom stereocenters. The lowest BCUT2D eigenvalue weighted by atomic mass is 10.2. The summed E-state index contributed by atoms with van der Waals surface area (Å²) in [4.78, 5) is 27.4. The number of rotatable bonds is 6. The van der Waals surface area contributed by atoms with Crippen LogP contribution in [0, 0.1) is 0 Å². The van der Waals surface area contributed by atoms with E-state index < -0.39 is 6.09 Å². The van der Waals surface area contributed by atoms with Crippen molar-refractivity contribution in [2.45, 2.75) is 13.0 Å². The maximum absolute atomic E-state index is 11.3. The molecule has 1 aromatic carbocycles. The number of hydrogen-bond donors (Lipinski definition) is 1. The number of carbonyl (C=O) groups excluding carboxylic acids is 2. The van der Waals surface area contributed by atoms with Crippen molar-refractivity contribution in [3.63, 3.8) is 0 Å². The van der Waals surface area contributed by atoms with E-state index in [-0.39, 0.29) is 25.5 Å². The van der Waals surface area contributed by atoms with Crippen LogP contribution in [0.1, 0.15) is 12.0 Å². The van der Waals surface area contributed by atoms with Gasteiger partial charge in [0.05, 0.1) is 7.11 Å². The van der Waals surface area contributed by atoms with Crippen molar-refractivity contribution in [2.75, 3.05) is 20.7 Å². The van der Waals surface area contributed by atoms with Crippen LogP contribution >= 0.6 is 0 Å². The molecule has 0 aliphatic heterocycles. The van der Waals surface area contributed by atoms with Gasteiger partial charge in [0.15, 0.2) is 0 Å². The first kappa shape index (κ1) is 15.0. The summed E-state index contributed by atoms with van der Waals surface area (Å²) in [5.74, 6) is -0.217. The lowest BCUT2D eigenvalue weighted by Gasteiger charge is -2.13. The van der Waals surface area contributed by atoms with Crippen molar-refractivity contribution in [2.24, 2.45) is 0 Å². The van der Waals surface area contributed by atoms with E-state index in [1.807, 2.05) is 30.3 Å². The molecule has 0 saturated heterocycles. The van der Waals surface area contributed by atoms with Crippen LogP contribution in [-0.2, 0) is 21.0 Å². The van der Waals surface area contributed by atoms with Crippen LogP contribution in [0.2, 0.25) is 0 Å². The summed E-state index contributed by atoms with van der Waals surface area (Å²) in [6.45, 7) is 0.415. The van der Waals surface area contributed by atoms with Crippen molar-refractivity contribution in [1.82, 2.24) is 10.4 Å². The SMILES string of the molecule is CON(C)C(=O)CCNC(=O)OCc1ccccc1. The molecule has 2 amide bonds. The number of carbonyl (C=O) groups is 2. The second kappa shape index (κ2) is 8.10. The first-order chi connectivity index (χ1) is 9.13. The van der Waals surface area contributed by atoms with Gasteiger partial charge in [-0.05, 0) is 5.56 Å².